The molecule has 2 aromatic rings. The minimum atomic E-state index is -0.508. The lowest BCUT2D eigenvalue weighted by molar-refractivity contribution is -0.384. The number of nitro benzene ring substituents is 1. The lowest BCUT2D eigenvalue weighted by Crippen LogP contribution is -2.07. The molecule has 1 atom stereocenters. The molecule has 1 unspecified atom stereocenters. The Labute approximate surface area is 125 Å². The highest BCUT2D eigenvalue weighted by molar-refractivity contribution is 6.32. The lowest BCUT2D eigenvalue weighted by Gasteiger charge is -2.15. The van der Waals surface area contributed by atoms with Crippen LogP contribution < -0.4 is 5.32 Å². The van der Waals surface area contributed by atoms with E-state index in [4.69, 9.17) is 11.6 Å². The van der Waals surface area contributed by atoms with Gasteiger partial charge in [0.1, 0.15) is 10.8 Å². The summed E-state index contributed by atoms with van der Waals surface area (Å²) in [6, 6.07) is 9.40. The molecule has 0 radical (unpaired) electrons. The van der Waals surface area contributed by atoms with E-state index in [1.807, 2.05) is 0 Å². The minimum Gasteiger partial charge on any atom is -0.378 e. The predicted octanol–water partition coefficient (Wildman–Crippen LogP) is 4.49. The first kappa shape index (κ1) is 13.8. The number of anilines is 1. The van der Waals surface area contributed by atoms with Crippen molar-refractivity contribution in [3.8, 4) is 0 Å². The van der Waals surface area contributed by atoms with Gasteiger partial charge in [0.25, 0.3) is 5.69 Å². The van der Waals surface area contributed by atoms with Crippen molar-refractivity contribution in [2.75, 3.05) is 5.32 Å². The van der Waals surface area contributed by atoms with Gasteiger partial charge in [-0.15, -0.1) is 0 Å². The van der Waals surface area contributed by atoms with Gasteiger partial charge in [-0.25, -0.2) is 4.39 Å². The second-order valence-electron chi connectivity index (χ2n) is 5.00. The van der Waals surface area contributed by atoms with Gasteiger partial charge in [0.2, 0.25) is 0 Å². The van der Waals surface area contributed by atoms with Crippen molar-refractivity contribution >= 4 is 23.0 Å². The maximum Gasteiger partial charge on any atom is 0.289 e. The average molecular weight is 307 g/mol. The molecule has 0 aromatic heterocycles. The average Bonchev–Trinajstić information content (AvgIpc) is 2.83. The van der Waals surface area contributed by atoms with Crippen LogP contribution in [0.5, 0.6) is 0 Å². The third-order valence-corrected chi connectivity index (χ3v) is 3.99. The normalized spacial score (nSPS) is 16.6. The first-order chi connectivity index (χ1) is 10.0. The first-order valence-corrected chi connectivity index (χ1v) is 6.91. The number of rotatable bonds is 3. The highest BCUT2D eigenvalue weighted by atomic mass is 35.5. The number of benzene rings is 2. The van der Waals surface area contributed by atoms with Crippen LogP contribution in [0.4, 0.5) is 15.8 Å². The van der Waals surface area contributed by atoms with E-state index in [-0.39, 0.29) is 22.6 Å². The maximum atomic E-state index is 13.2. The van der Waals surface area contributed by atoms with E-state index in [9.17, 15) is 14.5 Å². The summed E-state index contributed by atoms with van der Waals surface area (Å²) in [7, 11) is 0. The number of hydrogen-bond acceptors (Lipinski definition) is 3. The Morgan fingerprint density at radius 2 is 2.10 bits per heavy atom. The molecule has 0 bridgehead atoms. The molecule has 21 heavy (non-hydrogen) atoms. The van der Waals surface area contributed by atoms with Crippen molar-refractivity contribution < 1.29 is 9.31 Å². The third kappa shape index (κ3) is 2.69. The van der Waals surface area contributed by atoms with Gasteiger partial charge >= 0.3 is 0 Å². The molecular weight excluding hydrogens is 295 g/mol. The van der Waals surface area contributed by atoms with Gasteiger partial charge in [-0.05, 0) is 48.2 Å². The zero-order chi connectivity index (χ0) is 15.0. The van der Waals surface area contributed by atoms with Crippen LogP contribution in [0.15, 0.2) is 36.4 Å². The van der Waals surface area contributed by atoms with Gasteiger partial charge in [0, 0.05) is 11.8 Å². The molecule has 0 spiro atoms. The number of fused-ring (bicyclic) bond motifs is 1. The summed E-state index contributed by atoms with van der Waals surface area (Å²) in [5, 5.41) is 14.3. The van der Waals surface area contributed by atoms with Crippen LogP contribution in [-0.4, -0.2) is 4.92 Å². The largest absolute Gasteiger partial charge is 0.378 e. The Hall–Kier alpha value is -2.14. The molecule has 0 amide bonds. The Morgan fingerprint density at radius 1 is 1.29 bits per heavy atom. The number of aryl methyl sites for hydroxylation is 1. The predicted molar refractivity (Wildman–Crippen MR) is 79.2 cm³/mol. The molecule has 0 saturated carbocycles. The van der Waals surface area contributed by atoms with Gasteiger partial charge in [0.05, 0.1) is 11.0 Å². The molecule has 4 nitrogen and oxygen atoms in total. The van der Waals surface area contributed by atoms with Crippen LogP contribution >= 0.6 is 11.6 Å². The summed E-state index contributed by atoms with van der Waals surface area (Å²) in [5.74, 6) is -0.239. The van der Waals surface area contributed by atoms with Gasteiger partial charge in [0.15, 0.2) is 0 Å². The van der Waals surface area contributed by atoms with Crippen molar-refractivity contribution in [2.24, 2.45) is 0 Å². The smallest absolute Gasteiger partial charge is 0.289 e. The quantitative estimate of drug-likeness (QED) is 0.671. The third-order valence-electron chi connectivity index (χ3n) is 3.67. The van der Waals surface area contributed by atoms with Gasteiger partial charge in [-0.3, -0.25) is 10.1 Å². The molecule has 1 aliphatic carbocycles. The summed E-state index contributed by atoms with van der Waals surface area (Å²) < 4.78 is 13.2. The molecule has 1 N–H and O–H groups in total. The van der Waals surface area contributed by atoms with E-state index < -0.39 is 4.92 Å². The summed E-state index contributed by atoms with van der Waals surface area (Å²) in [6.07, 6.45) is 1.62. The molecule has 6 heteroatoms. The number of hydrogen-bond donors (Lipinski definition) is 1. The second kappa shape index (κ2) is 5.33. The molecule has 108 valence electrons. The summed E-state index contributed by atoms with van der Waals surface area (Å²) in [4.78, 5) is 10.4. The fourth-order valence-electron chi connectivity index (χ4n) is 2.68. The van der Waals surface area contributed by atoms with E-state index in [1.165, 1.54) is 18.2 Å². The Morgan fingerprint density at radius 3 is 2.86 bits per heavy atom. The second-order valence-corrected chi connectivity index (χ2v) is 5.41. The molecule has 1 aliphatic rings. The Kier molecular flexibility index (Phi) is 3.51. The fourth-order valence-corrected chi connectivity index (χ4v) is 2.87. The van der Waals surface area contributed by atoms with Crippen molar-refractivity contribution in [2.45, 2.75) is 18.9 Å². The zero-order valence-electron chi connectivity index (χ0n) is 11.0. The number of nitrogens with one attached hydrogen (secondary N) is 1. The van der Waals surface area contributed by atoms with Crippen LogP contribution in [0.3, 0.4) is 0 Å². The maximum absolute atomic E-state index is 13.2. The van der Waals surface area contributed by atoms with E-state index in [0.29, 0.717) is 5.69 Å². The van der Waals surface area contributed by atoms with Crippen LogP contribution in [-0.2, 0) is 6.42 Å². The SMILES string of the molecule is O=[N+]([O-])c1cc(NC2CCc3cc(F)ccc32)ccc1Cl. The van der Waals surface area contributed by atoms with Crippen molar-refractivity contribution in [1.82, 2.24) is 0 Å². The minimum absolute atomic E-state index is 0.0291. The summed E-state index contributed by atoms with van der Waals surface area (Å²) in [5.41, 5.74) is 2.53. The van der Waals surface area contributed by atoms with Crippen molar-refractivity contribution in [1.29, 1.82) is 0 Å². The van der Waals surface area contributed by atoms with Crippen molar-refractivity contribution in [3.05, 3.63) is 68.5 Å². The number of nitrogens with zero attached hydrogens (tertiary/aromatic N) is 1. The topological polar surface area (TPSA) is 55.2 Å². The molecule has 2 aromatic carbocycles. The van der Waals surface area contributed by atoms with E-state index in [0.717, 1.165) is 24.0 Å². The summed E-state index contributed by atoms with van der Waals surface area (Å²) in [6.45, 7) is 0. The van der Waals surface area contributed by atoms with Gasteiger partial charge in [-0.1, -0.05) is 17.7 Å². The molecular formula is C15H12ClFN2O2. The number of halogens is 2. The van der Waals surface area contributed by atoms with Crippen LogP contribution in [0.2, 0.25) is 5.02 Å². The number of nitro groups is 1. The highest BCUT2D eigenvalue weighted by Crippen LogP contribution is 2.35. The fraction of sp³-hybridized carbons (Fsp3) is 0.200. The molecule has 0 saturated heterocycles. The standard InChI is InChI=1S/C15H12ClFN2O2/c16-13-5-3-11(8-15(13)19(20)21)18-14-6-1-9-7-10(17)2-4-12(9)14/h2-5,7-8,14,18H,1,6H2. The summed E-state index contributed by atoms with van der Waals surface area (Å²) >= 11 is 5.80. The van der Waals surface area contributed by atoms with E-state index in [2.05, 4.69) is 5.32 Å². The van der Waals surface area contributed by atoms with Gasteiger partial charge in [-0.2, -0.15) is 0 Å². The van der Waals surface area contributed by atoms with Crippen molar-refractivity contribution in [3.63, 3.8) is 0 Å². The lowest BCUT2D eigenvalue weighted by atomic mass is 10.1. The monoisotopic (exact) mass is 306 g/mol. The Balaban J connectivity index is 1.86. The zero-order valence-corrected chi connectivity index (χ0v) is 11.7. The molecule has 0 aliphatic heterocycles. The molecule has 0 fully saturated rings. The van der Waals surface area contributed by atoms with Crippen LogP contribution in [0.25, 0.3) is 0 Å². The van der Waals surface area contributed by atoms with E-state index >= 15 is 0 Å². The highest BCUT2D eigenvalue weighted by Gasteiger charge is 2.23. The molecule has 3 rings (SSSR count). The molecule has 0 heterocycles. The first-order valence-electron chi connectivity index (χ1n) is 6.53. The van der Waals surface area contributed by atoms with Crippen LogP contribution in [0, 0.1) is 15.9 Å². The Bertz CT molecular complexity index is 721. The van der Waals surface area contributed by atoms with E-state index in [1.54, 1.807) is 18.2 Å². The van der Waals surface area contributed by atoms with Crippen LogP contribution in [0.1, 0.15) is 23.6 Å². The van der Waals surface area contributed by atoms with Gasteiger partial charge < -0.3 is 5.32 Å².